The van der Waals surface area contributed by atoms with E-state index in [1.54, 1.807) is 12.3 Å². The second-order valence-corrected chi connectivity index (χ2v) is 10.7. The Morgan fingerprint density at radius 3 is 2.47 bits per heavy atom. The molecule has 1 aromatic heterocycles. The highest BCUT2D eigenvalue weighted by atomic mass is 16.5. The van der Waals surface area contributed by atoms with Crippen LogP contribution in [0.25, 0.3) is 6.20 Å². The number of nitrogens with zero attached hydrogens (tertiary/aromatic N) is 2. The van der Waals surface area contributed by atoms with Crippen molar-refractivity contribution in [2.45, 2.75) is 78.3 Å². The Bertz CT molecular complexity index is 922. The van der Waals surface area contributed by atoms with Gasteiger partial charge in [0.05, 0.1) is 24.3 Å². The lowest BCUT2D eigenvalue weighted by atomic mass is 9.64. The molecule has 0 spiro atoms. The highest BCUT2D eigenvalue weighted by Gasteiger charge is 2.43. The molecule has 2 aliphatic carbocycles. The van der Waals surface area contributed by atoms with Crippen LogP contribution in [0.2, 0.25) is 0 Å². The number of carbonyl (C=O) groups excluding carboxylic acids is 2. The van der Waals surface area contributed by atoms with E-state index >= 15 is 0 Å². The zero-order chi connectivity index (χ0) is 25.0. The van der Waals surface area contributed by atoms with Gasteiger partial charge in [0.15, 0.2) is 0 Å². The Kier molecular flexibility index (Phi) is 8.05. The van der Waals surface area contributed by atoms with Crippen LogP contribution in [0.15, 0.2) is 12.3 Å². The Morgan fingerprint density at radius 1 is 1.26 bits per heavy atom. The van der Waals surface area contributed by atoms with Gasteiger partial charge in [-0.05, 0) is 63.4 Å². The summed E-state index contributed by atoms with van der Waals surface area (Å²) >= 11 is 0. The van der Waals surface area contributed by atoms with Gasteiger partial charge in [-0.1, -0.05) is 20.3 Å². The number of hydrogen-bond acceptors (Lipinski definition) is 5. The lowest BCUT2D eigenvalue weighted by Gasteiger charge is -2.45. The summed E-state index contributed by atoms with van der Waals surface area (Å²) in [4.78, 5) is 36.4. The average molecular weight is 475 g/mol. The van der Waals surface area contributed by atoms with Crippen LogP contribution in [0.5, 0.6) is 5.88 Å². The summed E-state index contributed by atoms with van der Waals surface area (Å²) in [5.74, 6) is -0.508. The quantitative estimate of drug-likeness (QED) is 0.505. The van der Waals surface area contributed by atoms with E-state index in [0.29, 0.717) is 30.9 Å². The highest BCUT2D eigenvalue weighted by Crippen LogP contribution is 2.43. The number of aliphatic carboxylic acids is 1. The van der Waals surface area contributed by atoms with Crippen molar-refractivity contribution < 1.29 is 24.2 Å². The minimum Gasteiger partial charge on any atom is -0.481 e. The Hall–Kier alpha value is -2.84. The summed E-state index contributed by atoms with van der Waals surface area (Å²) in [6, 6.07) is -0.0348. The molecule has 2 aliphatic rings. The smallest absolute Gasteiger partial charge is 0.306 e. The predicted octanol–water partition coefficient (Wildman–Crippen LogP) is 3.31. The fourth-order valence-corrected chi connectivity index (χ4v) is 5.16. The molecule has 3 rings (SSSR count). The summed E-state index contributed by atoms with van der Waals surface area (Å²) in [5.41, 5.74) is -0.253. The first-order chi connectivity index (χ1) is 16.0. The number of carboxylic acid groups (broad SMARTS) is 1. The van der Waals surface area contributed by atoms with Crippen LogP contribution >= 0.6 is 0 Å². The third-order valence-electron chi connectivity index (χ3n) is 6.67. The number of hydrogen-bond donors (Lipinski definition) is 3. The Balaban J connectivity index is 1.80. The molecule has 0 radical (unpaired) electrons. The summed E-state index contributed by atoms with van der Waals surface area (Å²) in [6.45, 7) is 9.66. The largest absolute Gasteiger partial charge is 0.481 e. The molecule has 1 heterocycles. The monoisotopic (exact) mass is 474 g/mol. The number of carboxylic acids is 1. The Morgan fingerprint density at radius 2 is 1.91 bits per heavy atom. The standard InChI is InChI=1S/C25H38N4O5/c1-15(2)14-34-23-20(13-26-29(23)10-9-25(4,5)28-16(3)30)22(31)27-21-17-7-6-8-18(21)12-19(11-17)24(32)33/h9-10,13,15,17-19,21H,6-8,11-12,14H2,1-5H3,(H,27,31)(H,28,30)(H,32,33)/b10-9+/t17?,18?,19-,21-. The molecule has 2 unspecified atom stereocenters. The third-order valence-corrected chi connectivity index (χ3v) is 6.67. The maximum absolute atomic E-state index is 13.3. The molecule has 2 saturated carbocycles. The number of aromatic nitrogens is 2. The van der Waals surface area contributed by atoms with Gasteiger partial charge in [0.1, 0.15) is 5.56 Å². The van der Waals surface area contributed by atoms with Crippen molar-refractivity contribution in [3.05, 3.63) is 17.8 Å². The van der Waals surface area contributed by atoms with Crippen molar-refractivity contribution in [2.75, 3.05) is 6.61 Å². The first-order valence-corrected chi connectivity index (χ1v) is 12.2. The van der Waals surface area contributed by atoms with Crippen molar-refractivity contribution in [3.63, 3.8) is 0 Å². The van der Waals surface area contributed by atoms with Gasteiger partial charge in [-0.25, -0.2) is 4.68 Å². The van der Waals surface area contributed by atoms with Crippen LogP contribution in [0.3, 0.4) is 0 Å². The second-order valence-electron chi connectivity index (χ2n) is 10.7. The number of fused-ring (bicyclic) bond motifs is 2. The minimum absolute atomic E-state index is 0.0348. The zero-order valence-electron chi connectivity index (χ0n) is 20.8. The van der Waals surface area contributed by atoms with E-state index in [9.17, 15) is 19.5 Å². The van der Waals surface area contributed by atoms with E-state index in [-0.39, 0.29) is 41.5 Å². The minimum atomic E-state index is -0.735. The first kappa shape index (κ1) is 25.8. The lowest BCUT2D eigenvalue weighted by Crippen LogP contribution is -2.52. The van der Waals surface area contributed by atoms with E-state index in [4.69, 9.17) is 4.74 Å². The van der Waals surface area contributed by atoms with Gasteiger partial charge in [0, 0.05) is 19.2 Å². The first-order valence-electron chi connectivity index (χ1n) is 12.2. The summed E-state index contributed by atoms with van der Waals surface area (Å²) in [5, 5.41) is 19.9. The fourth-order valence-electron chi connectivity index (χ4n) is 5.16. The normalized spacial score (nSPS) is 24.8. The van der Waals surface area contributed by atoms with Crippen molar-refractivity contribution in [2.24, 2.45) is 23.7 Å². The van der Waals surface area contributed by atoms with Crippen LogP contribution in [-0.4, -0.2) is 50.9 Å². The molecule has 9 nitrogen and oxygen atoms in total. The number of ether oxygens (including phenoxy) is 1. The molecular formula is C25H38N4O5. The molecule has 0 saturated heterocycles. The zero-order valence-corrected chi connectivity index (χ0v) is 20.8. The van der Waals surface area contributed by atoms with Crippen molar-refractivity contribution >= 4 is 24.0 Å². The molecule has 2 bridgehead atoms. The van der Waals surface area contributed by atoms with E-state index < -0.39 is 11.5 Å². The summed E-state index contributed by atoms with van der Waals surface area (Å²) in [6.07, 6.45) is 9.13. The average Bonchev–Trinajstić information content (AvgIpc) is 3.12. The van der Waals surface area contributed by atoms with Crippen molar-refractivity contribution in [1.82, 2.24) is 20.4 Å². The number of rotatable bonds is 9. The fraction of sp³-hybridized carbons (Fsp3) is 0.680. The SMILES string of the molecule is CC(=O)NC(C)(C)/C=C/n1ncc(C(=O)N[C@H]2C3CCCC2C[C@@H](C(=O)O)C3)c1OCC(C)C. The van der Waals surface area contributed by atoms with Gasteiger partial charge in [0.25, 0.3) is 5.91 Å². The molecule has 0 aromatic carbocycles. The molecule has 2 fully saturated rings. The van der Waals surface area contributed by atoms with Gasteiger partial charge < -0.3 is 20.5 Å². The molecule has 9 heteroatoms. The summed E-state index contributed by atoms with van der Waals surface area (Å²) < 4.78 is 7.51. The maximum Gasteiger partial charge on any atom is 0.306 e. The van der Waals surface area contributed by atoms with E-state index in [1.807, 2.05) is 27.7 Å². The van der Waals surface area contributed by atoms with Gasteiger partial charge >= 0.3 is 5.97 Å². The topological polar surface area (TPSA) is 123 Å². The molecule has 188 valence electrons. The van der Waals surface area contributed by atoms with Crippen LogP contribution < -0.4 is 15.4 Å². The van der Waals surface area contributed by atoms with Crippen molar-refractivity contribution in [1.29, 1.82) is 0 Å². The van der Waals surface area contributed by atoms with Crippen LogP contribution in [0, 0.1) is 23.7 Å². The highest BCUT2D eigenvalue weighted by molar-refractivity contribution is 5.96. The van der Waals surface area contributed by atoms with Gasteiger partial charge in [-0.3, -0.25) is 14.4 Å². The van der Waals surface area contributed by atoms with Crippen LogP contribution in [-0.2, 0) is 9.59 Å². The van der Waals surface area contributed by atoms with E-state index in [1.165, 1.54) is 17.8 Å². The molecule has 1 aromatic rings. The number of nitrogens with one attached hydrogen (secondary N) is 2. The molecule has 2 amide bonds. The molecule has 34 heavy (non-hydrogen) atoms. The van der Waals surface area contributed by atoms with Gasteiger partial charge in [-0.15, -0.1) is 0 Å². The van der Waals surface area contributed by atoms with Crippen LogP contribution in [0.1, 0.15) is 77.1 Å². The summed E-state index contributed by atoms with van der Waals surface area (Å²) in [7, 11) is 0. The predicted molar refractivity (Wildman–Crippen MR) is 128 cm³/mol. The third kappa shape index (κ3) is 6.39. The maximum atomic E-state index is 13.3. The lowest BCUT2D eigenvalue weighted by molar-refractivity contribution is -0.145. The molecule has 3 N–H and O–H groups in total. The van der Waals surface area contributed by atoms with E-state index in [0.717, 1.165) is 19.3 Å². The second kappa shape index (κ2) is 10.6. The molecule has 2 atom stereocenters. The molecule has 0 aliphatic heterocycles. The molecular weight excluding hydrogens is 436 g/mol. The number of carbonyl (C=O) groups is 3. The number of amides is 2. The van der Waals surface area contributed by atoms with Crippen LogP contribution in [0.4, 0.5) is 0 Å². The van der Waals surface area contributed by atoms with Gasteiger partial charge in [-0.2, -0.15) is 5.10 Å². The van der Waals surface area contributed by atoms with Gasteiger partial charge in [0.2, 0.25) is 11.8 Å². The van der Waals surface area contributed by atoms with Crippen molar-refractivity contribution in [3.8, 4) is 5.88 Å². The Labute approximate surface area is 201 Å². The van der Waals surface area contributed by atoms with E-state index in [2.05, 4.69) is 15.7 Å².